The summed E-state index contributed by atoms with van der Waals surface area (Å²) in [5, 5.41) is 31.8. The summed E-state index contributed by atoms with van der Waals surface area (Å²) in [6.45, 7) is 0. The van der Waals surface area contributed by atoms with Gasteiger partial charge in [0.1, 0.15) is 0 Å². The van der Waals surface area contributed by atoms with Crippen molar-refractivity contribution in [2.75, 3.05) is 0 Å². The minimum Gasteiger partial charge on any atom is -0.308 e. The van der Waals surface area contributed by atoms with Crippen LogP contribution in [-0.4, -0.2) is 9.13 Å². The van der Waals surface area contributed by atoms with Crippen LogP contribution in [0.25, 0.3) is 111 Å². The lowest BCUT2D eigenvalue weighted by Crippen LogP contribution is -2.12. The van der Waals surface area contributed by atoms with E-state index in [-0.39, 0.29) is 84.6 Å². The predicted molar refractivity (Wildman–Crippen MR) is 316 cm³/mol. The Kier molecular flexibility index (Phi) is 16.0. The molecule has 0 aliphatic heterocycles. The Labute approximate surface area is 544 Å². The maximum absolute atomic E-state index is 15.1. The van der Waals surface area contributed by atoms with Crippen molar-refractivity contribution < 1.29 is 105 Å². The van der Waals surface area contributed by atoms with Gasteiger partial charge < -0.3 is 9.13 Å². The fourth-order valence-electron chi connectivity index (χ4n) is 12.3. The van der Waals surface area contributed by atoms with Crippen LogP contribution in [0, 0.1) is 34.0 Å². The van der Waals surface area contributed by atoms with E-state index in [1.54, 1.807) is 0 Å². The van der Waals surface area contributed by atoms with E-state index < -0.39 is 161 Å². The first-order chi connectivity index (χ1) is 46.5. The van der Waals surface area contributed by atoms with Gasteiger partial charge in [0.25, 0.3) is 0 Å². The highest BCUT2D eigenvalue weighted by atomic mass is 19.4. The van der Waals surface area contributed by atoms with E-state index in [4.69, 9.17) is 0 Å². The van der Waals surface area contributed by atoms with Crippen molar-refractivity contribution in [3.8, 4) is 85.2 Å². The zero-order chi connectivity index (χ0) is 72.7. The van der Waals surface area contributed by atoms with Gasteiger partial charge in [0, 0.05) is 27.1 Å². The van der Waals surface area contributed by atoms with E-state index in [2.05, 4.69) is 0 Å². The summed E-state index contributed by atoms with van der Waals surface area (Å²) in [6.07, 6.45) is -43.7. The molecule has 0 aliphatic rings. The van der Waals surface area contributed by atoms with E-state index in [0.717, 1.165) is 112 Å². The molecule has 29 heteroatoms. The molecule has 2 aromatic heterocycles. The summed E-state index contributed by atoms with van der Waals surface area (Å²) in [6, 6.07) is 25.2. The third-order valence-corrected chi connectivity index (χ3v) is 16.6. The number of fused-ring (bicyclic) bond motifs is 6. The number of aromatic nitrogens is 2. The van der Waals surface area contributed by atoms with E-state index in [0.29, 0.717) is 48.5 Å². The molecule has 100 heavy (non-hydrogen) atoms. The molecular weight excluding hydrogens is 1380 g/mol. The second kappa shape index (κ2) is 23.4. The van der Waals surface area contributed by atoms with Gasteiger partial charge in [0.15, 0.2) is 0 Å². The number of halogens is 24. The van der Waals surface area contributed by atoms with E-state index >= 15 is 52.7 Å². The number of nitrogens with zero attached hydrogens (tertiary/aromatic N) is 5. The highest BCUT2D eigenvalue weighted by Gasteiger charge is 2.43. The third kappa shape index (κ3) is 12.4. The molecule has 0 saturated heterocycles. The highest BCUT2D eigenvalue weighted by Crippen LogP contribution is 2.51. The summed E-state index contributed by atoms with van der Waals surface area (Å²) in [4.78, 5) is 0. The van der Waals surface area contributed by atoms with Crippen LogP contribution >= 0.6 is 0 Å². The lowest BCUT2D eigenvalue weighted by atomic mass is 9.94. The summed E-state index contributed by atoms with van der Waals surface area (Å²) < 4.78 is 353. The average molecular weight is 1410 g/mol. The van der Waals surface area contributed by atoms with Crippen LogP contribution < -0.4 is 0 Å². The van der Waals surface area contributed by atoms with Gasteiger partial charge in [-0.05, 0) is 153 Å². The topological polar surface area (TPSA) is 81.2 Å². The number of hydrogen-bond donors (Lipinski definition) is 0. The van der Waals surface area contributed by atoms with Crippen LogP contribution in [-0.2, 0) is 49.4 Å². The standard InChI is InChI=1S/C71H29F24N5/c72-64(73,74)41-5-13-45(53(26-41)68(84,85)86)36-1-9-49-50-10-2-37(46-14-6-42(65(75,76)77)27-54(46)69(87,88)89)23-58(50)99(57(49)22-36)61-20-35(32-98)21-62(63(61)40-18-33(30-96)17-34(19-40)31-97)100-59-24-38(47-15-7-43(66(78,79)80)28-55(47)70(90,91)92)3-11-51(59)52-12-4-39(25-60(52)100)48-16-8-44(67(81,82)83)29-56(48)71(93,94)95/h1-29H. The Bertz CT molecular complexity index is 4940. The number of hydrogen-bond acceptors (Lipinski definition) is 3. The van der Waals surface area contributed by atoms with Gasteiger partial charge in [-0.25, -0.2) is 0 Å². The van der Waals surface area contributed by atoms with E-state index in [9.17, 15) is 68.5 Å². The first-order valence-electron chi connectivity index (χ1n) is 28.3. The lowest BCUT2D eigenvalue weighted by Gasteiger charge is -2.22. The monoisotopic (exact) mass is 1410 g/mol. The Morgan fingerprint density at radius 2 is 0.460 bits per heavy atom. The summed E-state index contributed by atoms with van der Waals surface area (Å²) in [5.74, 6) is 0. The molecule has 0 unspecified atom stereocenters. The smallest absolute Gasteiger partial charge is 0.308 e. The van der Waals surface area contributed by atoms with Gasteiger partial charge in [-0.15, -0.1) is 0 Å². The van der Waals surface area contributed by atoms with Crippen molar-refractivity contribution >= 4 is 43.6 Å². The molecule has 5 nitrogen and oxygen atoms in total. The molecule has 0 bridgehead atoms. The average Bonchev–Trinajstić information content (AvgIpc) is 1.54. The van der Waals surface area contributed by atoms with Gasteiger partial charge in [-0.2, -0.15) is 121 Å². The van der Waals surface area contributed by atoms with E-state index in [1.807, 2.05) is 18.2 Å². The van der Waals surface area contributed by atoms with Crippen LogP contribution in [0.4, 0.5) is 105 Å². The maximum atomic E-state index is 15.1. The van der Waals surface area contributed by atoms with Crippen LogP contribution in [0.5, 0.6) is 0 Å². The molecule has 506 valence electrons. The summed E-state index contributed by atoms with van der Waals surface area (Å²) in [7, 11) is 0. The summed E-state index contributed by atoms with van der Waals surface area (Å²) >= 11 is 0. The summed E-state index contributed by atoms with van der Waals surface area (Å²) in [5.41, 5.74) is -25.2. The van der Waals surface area contributed by atoms with Crippen molar-refractivity contribution in [1.29, 1.82) is 15.8 Å². The molecule has 0 spiro atoms. The fraction of sp³-hybridized carbons (Fsp3) is 0.113. The fourth-order valence-corrected chi connectivity index (χ4v) is 12.3. The van der Waals surface area contributed by atoms with Crippen LogP contribution in [0.15, 0.2) is 176 Å². The molecule has 12 aromatic rings. The molecular formula is C71H29F24N5. The zero-order valence-corrected chi connectivity index (χ0v) is 49.1. The van der Waals surface area contributed by atoms with Crippen molar-refractivity contribution in [2.24, 2.45) is 0 Å². The SMILES string of the molecule is N#Cc1cc(C#N)cc(-c2c(-n3c4cc(-c5ccc(C(F)(F)F)cc5C(F)(F)F)ccc4c4ccc(-c5ccc(C(F)(F)F)cc5C(F)(F)F)cc43)cc(C#N)cc2-n2c3cc(-c4ccc(C(F)(F)F)cc4C(F)(F)F)ccc3c3ccc(-c4ccc(C(F)(F)F)cc4C(F)(F)F)cc32)c1. The number of rotatable bonds is 7. The van der Waals surface area contributed by atoms with Crippen LogP contribution in [0.3, 0.4) is 0 Å². The molecule has 10 aromatic carbocycles. The molecule has 0 aliphatic carbocycles. The zero-order valence-electron chi connectivity index (χ0n) is 49.1. The number of alkyl halides is 24. The van der Waals surface area contributed by atoms with Gasteiger partial charge in [0.2, 0.25) is 0 Å². The van der Waals surface area contributed by atoms with Gasteiger partial charge in [0.05, 0.1) is 113 Å². The van der Waals surface area contributed by atoms with Crippen molar-refractivity contribution in [2.45, 2.75) is 49.4 Å². The van der Waals surface area contributed by atoms with E-state index in [1.165, 1.54) is 0 Å². The molecule has 0 atom stereocenters. The minimum absolute atomic E-state index is 0.104. The Morgan fingerprint density at radius 3 is 0.670 bits per heavy atom. The highest BCUT2D eigenvalue weighted by molar-refractivity contribution is 6.14. The number of benzene rings is 10. The Morgan fingerprint density at radius 1 is 0.230 bits per heavy atom. The Hall–Kier alpha value is -11.4. The van der Waals surface area contributed by atoms with Gasteiger partial charge >= 0.3 is 49.4 Å². The second-order valence-corrected chi connectivity index (χ2v) is 22.6. The van der Waals surface area contributed by atoms with Crippen LogP contribution in [0.1, 0.15) is 61.2 Å². The molecule has 12 rings (SSSR count). The molecule has 0 saturated carbocycles. The van der Waals surface area contributed by atoms with Crippen molar-refractivity contribution in [3.05, 3.63) is 237 Å². The normalized spacial score (nSPS) is 13.0. The predicted octanol–water partition coefficient (Wildman–Crippen LogP) is 24.0. The number of nitriles is 3. The van der Waals surface area contributed by atoms with Crippen LogP contribution in [0.2, 0.25) is 0 Å². The molecule has 0 fully saturated rings. The molecule has 0 radical (unpaired) electrons. The van der Waals surface area contributed by atoms with Crippen molar-refractivity contribution in [1.82, 2.24) is 9.13 Å². The first-order valence-corrected chi connectivity index (χ1v) is 28.3. The molecule has 0 amide bonds. The third-order valence-electron chi connectivity index (χ3n) is 16.6. The lowest BCUT2D eigenvalue weighted by molar-refractivity contribution is -0.144. The van der Waals surface area contributed by atoms with Gasteiger partial charge in [-0.3, -0.25) is 0 Å². The quantitative estimate of drug-likeness (QED) is 0.149. The second-order valence-electron chi connectivity index (χ2n) is 22.6. The molecule has 2 heterocycles. The Balaban J connectivity index is 1.30. The first kappa shape index (κ1) is 68.5. The van der Waals surface area contributed by atoms with Gasteiger partial charge in [-0.1, -0.05) is 72.8 Å². The maximum Gasteiger partial charge on any atom is 0.417 e. The molecule has 0 N–H and O–H groups in total. The minimum atomic E-state index is -5.57. The van der Waals surface area contributed by atoms with Crippen molar-refractivity contribution in [3.63, 3.8) is 0 Å². The largest absolute Gasteiger partial charge is 0.417 e.